The van der Waals surface area contributed by atoms with Gasteiger partial charge in [-0.25, -0.2) is 9.78 Å². The number of rotatable bonds is 7. The van der Waals surface area contributed by atoms with Crippen molar-refractivity contribution in [3.05, 3.63) is 40.3 Å². The molecule has 8 nitrogen and oxygen atoms in total. The molecule has 3 saturated heterocycles. The third-order valence-corrected chi connectivity index (χ3v) is 9.30. The number of nitrogens with one attached hydrogen (secondary N) is 2. The van der Waals surface area contributed by atoms with Crippen LogP contribution in [0.2, 0.25) is 0 Å². The molecule has 0 saturated carbocycles. The number of H-pyrrole nitrogens is 1. The first-order valence-electron chi connectivity index (χ1n) is 14.2. The molecule has 2 aromatic heterocycles. The van der Waals surface area contributed by atoms with Gasteiger partial charge in [0.2, 0.25) is 5.88 Å². The predicted molar refractivity (Wildman–Crippen MR) is 150 cm³/mol. The minimum absolute atomic E-state index is 0.154. The van der Waals surface area contributed by atoms with Crippen molar-refractivity contribution < 1.29 is 14.3 Å². The number of benzene rings is 1. The molecule has 1 amide bonds. The summed E-state index contributed by atoms with van der Waals surface area (Å²) in [5.74, 6) is 1.96. The summed E-state index contributed by atoms with van der Waals surface area (Å²) in [7, 11) is 0. The number of fused-ring (bicyclic) bond motifs is 2. The number of likely N-dealkylation sites (tertiary alicyclic amines) is 1. The van der Waals surface area contributed by atoms with E-state index in [0.29, 0.717) is 12.5 Å². The van der Waals surface area contributed by atoms with E-state index < -0.39 is 6.09 Å². The summed E-state index contributed by atoms with van der Waals surface area (Å²) in [6, 6.07) is 8.58. The number of carbonyl (C=O) groups is 1. The number of aryl methyl sites for hydroxylation is 1. The van der Waals surface area contributed by atoms with E-state index >= 15 is 0 Å². The highest BCUT2D eigenvalue weighted by Gasteiger charge is 2.34. The molecule has 6 rings (SSSR count). The van der Waals surface area contributed by atoms with Crippen molar-refractivity contribution in [3.63, 3.8) is 0 Å². The van der Waals surface area contributed by atoms with Gasteiger partial charge in [0, 0.05) is 48.6 Å². The van der Waals surface area contributed by atoms with Crippen LogP contribution in [-0.2, 0) is 6.61 Å². The minimum Gasteiger partial charge on any atom is -0.487 e. The van der Waals surface area contributed by atoms with Gasteiger partial charge in [0.1, 0.15) is 12.4 Å². The first-order valence-corrected chi connectivity index (χ1v) is 15.1. The minimum atomic E-state index is -0.402. The van der Waals surface area contributed by atoms with E-state index in [9.17, 15) is 4.79 Å². The van der Waals surface area contributed by atoms with Crippen molar-refractivity contribution in [3.8, 4) is 11.6 Å². The third-order valence-electron chi connectivity index (χ3n) is 8.48. The van der Waals surface area contributed by atoms with Crippen molar-refractivity contribution in [2.24, 2.45) is 5.92 Å². The zero-order chi connectivity index (χ0) is 25.9. The molecule has 0 radical (unpaired) electrons. The van der Waals surface area contributed by atoms with Crippen molar-refractivity contribution in [2.75, 3.05) is 32.7 Å². The first kappa shape index (κ1) is 25.6. The van der Waals surface area contributed by atoms with Crippen molar-refractivity contribution in [2.45, 2.75) is 70.6 Å². The largest absolute Gasteiger partial charge is 0.487 e. The Morgan fingerprint density at radius 3 is 2.84 bits per heavy atom. The van der Waals surface area contributed by atoms with Crippen LogP contribution in [0, 0.1) is 12.8 Å². The summed E-state index contributed by atoms with van der Waals surface area (Å²) < 4.78 is 11.7. The molecule has 3 fully saturated rings. The van der Waals surface area contributed by atoms with E-state index in [-0.39, 0.29) is 6.04 Å². The lowest BCUT2D eigenvalue weighted by molar-refractivity contribution is 0.0353. The van der Waals surface area contributed by atoms with E-state index in [0.717, 1.165) is 65.2 Å². The molecule has 3 aliphatic heterocycles. The normalized spacial score (nSPS) is 23.3. The Labute approximate surface area is 228 Å². The first-order chi connectivity index (χ1) is 18.6. The quantitative estimate of drug-likeness (QED) is 0.424. The molecule has 204 valence electrons. The monoisotopic (exact) mass is 537 g/mol. The fraction of sp³-hybridized carbons (Fsp3) is 0.586. The van der Waals surface area contributed by atoms with E-state index in [2.05, 4.69) is 25.1 Å². The molecule has 1 aromatic carbocycles. The second-order valence-corrected chi connectivity index (χ2v) is 12.2. The molecule has 9 heteroatoms. The van der Waals surface area contributed by atoms with Gasteiger partial charge >= 0.3 is 6.09 Å². The molecule has 38 heavy (non-hydrogen) atoms. The van der Waals surface area contributed by atoms with Crippen LogP contribution >= 0.6 is 11.3 Å². The number of piperidine rings is 3. The lowest BCUT2D eigenvalue weighted by Crippen LogP contribution is -2.52. The number of hydrogen-bond acceptors (Lipinski definition) is 7. The van der Waals surface area contributed by atoms with Crippen LogP contribution in [0.1, 0.15) is 55.6 Å². The number of aromatic nitrogens is 2. The molecule has 0 aliphatic carbocycles. The SMILES string of the molecule is Cc1nc(COc2cccc3[nH]c(OC(=O)NC4CCN(CC5CCCN6CCCCC56)CC4)cc23)cs1. The Hall–Kier alpha value is -2.62. The van der Waals surface area contributed by atoms with Crippen molar-refractivity contribution >= 4 is 28.3 Å². The van der Waals surface area contributed by atoms with Gasteiger partial charge in [-0.3, -0.25) is 0 Å². The second-order valence-electron chi connectivity index (χ2n) is 11.1. The molecule has 2 unspecified atom stereocenters. The zero-order valence-electron chi connectivity index (χ0n) is 22.3. The average Bonchev–Trinajstić information content (AvgIpc) is 3.54. The Balaban J connectivity index is 0.981. The smallest absolute Gasteiger partial charge is 0.414 e. The summed E-state index contributed by atoms with van der Waals surface area (Å²) in [6.45, 7) is 8.28. The van der Waals surface area contributed by atoms with E-state index in [1.165, 1.54) is 51.7 Å². The fourth-order valence-electron chi connectivity index (χ4n) is 6.59. The summed E-state index contributed by atoms with van der Waals surface area (Å²) in [6.07, 6.45) is 8.39. The highest BCUT2D eigenvalue weighted by molar-refractivity contribution is 7.09. The van der Waals surface area contributed by atoms with Crippen LogP contribution in [0.3, 0.4) is 0 Å². The third kappa shape index (κ3) is 6.00. The van der Waals surface area contributed by atoms with Gasteiger partial charge in [0.05, 0.1) is 16.2 Å². The van der Waals surface area contributed by atoms with Crippen molar-refractivity contribution in [1.82, 2.24) is 25.1 Å². The van der Waals surface area contributed by atoms with E-state index in [1.807, 2.05) is 36.6 Å². The Morgan fingerprint density at radius 2 is 2.00 bits per heavy atom. The van der Waals surface area contributed by atoms with Crippen LogP contribution in [-0.4, -0.2) is 70.7 Å². The summed E-state index contributed by atoms with van der Waals surface area (Å²) in [5, 5.41) is 7.01. The molecular formula is C29H39N5O3S. The number of amides is 1. The van der Waals surface area contributed by atoms with E-state index in [4.69, 9.17) is 9.47 Å². The second kappa shape index (κ2) is 11.6. The zero-order valence-corrected chi connectivity index (χ0v) is 23.1. The van der Waals surface area contributed by atoms with E-state index in [1.54, 1.807) is 11.3 Å². The Morgan fingerprint density at radius 1 is 1.13 bits per heavy atom. The highest BCUT2D eigenvalue weighted by Crippen LogP contribution is 2.32. The summed E-state index contributed by atoms with van der Waals surface area (Å²) in [4.78, 5) is 25.7. The van der Waals surface area contributed by atoms with Crippen LogP contribution in [0.5, 0.6) is 11.6 Å². The van der Waals surface area contributed by atoms with Gasteiger partial charge in [-0.1, -0.05) is 12.5 Å². The number of carbonyl (C=O) groups excluding carboxylic acids is 1. The predicted octanol–water partition coefficient (Wildman–Crippen LogP) is 5.33. The van der Waals surface area contributed by atoms with Crippen LogP contribution in [0.25, 0.3) is 10.9 Å². The number of hydrogen-bond donors (Lipinski definition) is 2. The van der Waals surface area contributed by atoms with Crippen LogP contribution in [0.15, 0.2) is 29.6 Å². The molecular weight excluding hydrogens is 498 g/mol. The van der Waals surface area contributed by atoms with Gasteiger partial charge in [-0.05, 0) is 76.6 Å². The van der Waals surface area contributed by atoms with Gasteiger partial charge < -0.3 is 29.6 Å². The lowest BCUT2D eigenvalue weighted by Gasteiger charge is -2.46. The molecule has 0 bridgehead atoms. The average molecular weight is 538 g/mol. The molecule has 3 aromatic rings. The Bertz CT molecular complexity index is 1230. The maximum atomic E-state index is 12.7. The fourth-order valence-corrected chi connectivity index (χ4v) is 7.18. The maximum absolute atomic E-state index is 12.7. The molecule has 0 spiro atoms. The number of ether oxygens (including phenoxy) is 2. The standard InChI is InChI=1S/C29H39N5O3S/c1-20-30-23(19-38-20)18-36-27-9-4-7-25-24(27)16-28(32-25)37-29(35)31-22-10-14-33(15-11-22)17-21-6-5-13-34-12-3-2-8-26(21)34/h4,7,9,16,19,21-22,26,32H,2-3,5-6,8,10-15,17-18H2,1H3,(H,31,35). The summed E-state index contributed by atoms with van der Waals surface area (Å²) >= 11 is 1.61. The topological polar surface area (TPSA) is 82.7 Å². The highest BCUT2D eigenvalue weighted by atomic mass is 32.1. The maximum Gasteiger partial charge on any atom is 0.414 e. The number of aromatic amines is 1. The van der Waals surface area contributed by atoms with Crippen molar-refractivity contribution in [1.29, 1.82) is 0 Å². The molecule has 2 atom stereocenters. The van der Waals surface area contributed by atoms with Gasteiger partial charge in [0.25, 0.3) is 0 Å². The van der Waals surface area contributed by atoms with Gasteiger partial charge in [0.15, 0.2) is 0 Å². The lowest BCUT2D eigenvalue weighted by atomic mass is 9.83. The summed E-state index contributed by atoms with van der Waals surface area (Å²) in [5.41, 5.74) is 1.78. The molecule has 2 N–H and O–H groups in total. The van der Waals surface area contributed by atoms with Gasteiger partial charge in [-0.15, -0.1) is 11.3 Å². The molecule has 5 heterocycles. The van der Waals surface area contributed by atoms with Gasteiger partial charge in [-0.2, -0.15) is 0 Å². The van der Waals surface area contributed by atoms with Crippen LogP contribution < -0.4 is 14.8 Å². The van der Waals surface area contributed by atoms with Crippen LogP contribution in [0.4, 0.5) is 4.79 Å². The molecule has 3 aliphatic rings. The number of thiazole rings is 1. The number of nitrogens with zero attached hydrogens (tertiary/aromatic N) is 3. The Kier molecular flexibility index (Phi) is 7.85.